The lowest BCUT2D eigenvalue weighted by Gasteiger charge is -1.90. The highest BCUT2D eigenvalue weighted by Crippen LogP contribution is 2.40. The fourth-order valence-corrected chi connectivity index (χ4v) is 5.19. The summed E-state index contributed by atoms with van der Waals surface area (Å²) >= 11 is 5.10. The third-order valence-electron chi connectivity index (χ3n) is 3.33. The van der Waals surface area contributed by atoms with E-state index in [9.17, 15) is 4.79 Å². The van der Waals surface area contributed by atoms with Gasteiger partial charge in [0, 0.05) is 16.0 Å². The summed E-state index contributed by atoms with van der Waals surface area (Å²) in [5, 5.41) is 7.32. The first kappa shape index (κ1) is 14.5. The first-order valence-electron chi connectivity index (χ1n) is 6.87. The fourth-order valence-electron chi connectivity index (χ4n) is 2.26. The monoisotopic (exact) mass is 357 g/mol. The Bertz CT molecular complexity index is 963. The second-order valence-corrected chi connectivity index (χ2v) is 7.89. The van der Waals surface area contributed by atoms with E-state index >= 15 is 0 Å². The molecule has 0 saturated heterocycles. The minimum Gasteiger partial charge on any atom is -0.276 e. The van der Waals surface area contributed by atoms with Gasteiger partial charge in [-0.05, 0) is 36.6 Å². The molecule has 4 rings (SSSR count). The molecule has 0 aliphatic carbocycles. The van der Waals surface area contributed by atoms with Gasteiger partial charge < -0.3 is 0 Å². The van der Waals surface area contributed by atoms with Crippen LogP contribution < -0.4 is 0 Å². The molecule has 0 amide bonds. The van der Waals surface area contributed by atoms with Gasteiger partial charge in [0.15, 0.2) is 0 Å². The van der Waals surface area contributed by atoms with Crippen LogP contribution in [0.25, 0.3) is 30.2 Å². The lowest BCUT2D eigenvalue weighted by atomic mass is 10.3. The van der Waals surface area contributed by atoms with Crippen molar-refractivity contribution in [2.45, 2.75) is 6.92 Å². The van der Waals surface area contributed by atoms with Gasteiger partial charge in [0.1, 0.15) is 10.7 Å². The van der Waals surface area contributed by atoms with Crippen LogP contribution >= 0.6 is 34.0 Å². The SMILES string of the molecule is Cc1nc(-c2ccc(-c3cccs3)s2)sc1-c1ccn(C=O)n1. The van der Waals surface area contributed by atoms with Gasteiger partial charge in [0.2, 0.25) is 6.41 Å². The highest BCUT2D eigenvalue weighted by molar-refractivity contribution is 7.26. The van der Waals surface area contributed by atoms with Crippen LogP contribution in [0.5, 0.6) is 0 Å². The molecule has 4 aromatic heterocycles. The zero-order valence-corrected chi connectivity index (χ0v) is 14.5. The van der Waals surface area contributed by atoms with Crippen LogP contribution in [0, 0.1) is 6.92 Å². The summed E-state index contributed by atoms with van der Waals surface area (Å²) in [5.41, 5.74) is 1.72. The van der Waals surface area contributed by atoms with Crippen molar-refractivity contribution in [3.63, 3.8) is 0 Å². The predicted molar refractivity (Wildman–Crippen MR) is 96.8 cm³/mol. The van der Waals surface area contributed by atoms with E-state index in [1.54, 1.807) is 40.2 Å². The molecule has 0 spiro atoms. The van der Waals surface area contributed by atoms with Gasteiger partial charge in [0.25, 0.3) is 0 Å². The van der Waals surface area contributed by atoms with Crippen LogP contribution in [0.3, 0.4) is 0 Å². The standard InChI is InChI=1S/C16H11N3OS3/c1-10-15(11-6-7-19(9-20)18-11)23-16(17-10)14-5-4-13(22-14)12-3-2-8-21-12/h2-9H,1H3. The molecule has 0 aromatic carbocycles. The topological polar surface area (TPSA) is 47.8 Å². The average Bonchev–Trinajstić information content (AvgIpc) is 3.32. The molecular formula is C16H11N3OS3. The van der Waals surface area contributed by atoms with E-state index in [2.05, 4.69) is 39.7 Å². The number of hydrogen-bond acceptors (Lipinski definition) is 6. The highest BCUT2D eigenvalue weighted by Gasteiger charge is 2.15. The number of aryl methyl sites for hydroxylation is 1. The average molecular weight is 357 g/mol. The largest absolute Gasteiger partial charge is 0.276 e. The number of thiazole rings is 1. The Labute approximate surface area is 144 Å². The molecule has 114 valence electrons. The van der Waals surface area contributed by atoms with Crippen LogP contribution in [-0.2, 0) is 4.79 Å². The molecule has 0 radical (unpaired) electrons. The Morgan fingerprint density at radius 1 is 1.09 bits per heavy atom. The van der Waals surface area contributed by atoms with Gasteiger partial charge in [-0.25, -0.2) is 9.67 Å². The molecule has 0 bridgehead atoms. The minimum absolute atomic E-state index is 0.688. The molecule has 0 aliphatic rings. The molecule has 0 unspecified atom stereocenters. The van der Waals surface area contributed by atoms with Gasteiger partial charge in [-0.2, -0.15) is 5.10 Å². The molecule has 4 aromatic rings. The van der Waals surface area contributed by atoms with E-state index in [-0.39, 0.29) is 0 Å². The van der Waals surface area contributed by atoms with Gasteiger partial charge in [-0.15, -0.1) is 34.0 Å². The van der Waals surface area contributed by atoms with Crippen molar-refractivity contribution in [2.24, 2.45) is 0 Å². The highest BCUT2D eigenvalue weighted by atomic mass is 32.1. The number of carbonyl (C=O) groups is 1. The van der Waals surface area contributed by atoms with Crippen LogP contribution in [0.4, 0.5) is 0 Å². The smallest absolute Gasteiger partial charge is 0.234 e. The molecule has 0 aliphatic heterocycles. The molecule has 7 heteroatoms. The Morgan fingerprint density at radius 3 is 2.70 bits per heavy atom. The van der Waals surface area contributed by atoms with E-state index in [4.69, 9.17) is 0 Å². The van der Waals surface area contributed by atoms with Crippen molar-refractivity contribution < 1.29 is 4.79 Å². The molecule has 0 fully saturated rings. The Kier molecular flexibility index (Phi) is 3.68. The molecule has 4 heterocycles. The molecule has 4 nitrogen and oxygen atoms in total. The van der Waals surface area contributed by atoms with Crippen molar-refractivity contribution in [1.29, 1.82) is 0 Å². The van der Waals surface area contributed by atoms with Crippen molar-refractivity contribution in [1.82, 2.24) is 14.8 Å². The van der Waals surface area contributed by atoms with E-state index in [1.165, 1.54) is 14.4 Å². The number of aromatic nitrogens is 3. The molecule has 23 heavy (non-hydrogen) atoms. The fraction of sp³-hybridized carbons (Fsp3) is 0.0625. The Hall–Kier alpha value is -2.09. The molecule has 0 N–H and O–H groups in total. The summed E-state index contributed by atoms with van der Waals surface area (Å²) in [4.78, 5) is 20.1. The van der Waals surface area contributed by atoms with E-state index in [1.807, 2.05) is 13.0 Å². The third kappa shape index (κ3) is 2.67. The normalized spacial score (nSPS) is 11.0. The van der Waals surface area contributed by atoms with Crippen LogP contribution in [0.1, 0.15) is 5.69 Å². The third-order valence-corrected chi connectivity index (χ3v) is 6.83. The second kappa shape index (κ2) is 5.84. The Balaban J connectivity index is 1.70. The van der Waals surface area contributed by atoms with Crippen LogP contribution in [0.15, 0.2) is 41.9 Å². The summed E-state index contributed by atoms with van der Waals surface area (Å²) in [6.45, 7) is 1.98. The van der Waals surface area contributed by atoms with Crippen molar-refractivity contribution in [3.05, 3.63) is 47.6 Å². The van der Waals surface area contributed by atoms with Crippen LogP contribution in [0.2, 0.25) is 0 Å². The first-order chi connectivity index (χ1) is 11.2. The predicted octanol–water partition coefficient (Wildman–Crippen LogP) is 4.81. The molecule has 0 saturated carbocycles. The van der Waals surface area contributed by atoms with Gasteiger partial charge >= 0.3 is 0 Å². The number of thiophene rings is 2. The lowest BCUT2D eigenvalue weighted by Crippen LogP contribution is -1.94. The maximum atomic E-state index is 10.8. The minimum atomic E-state index is 0.688. The molecular weight excluding hydrogens is 346 g/mol. The van der Waals surface area contributed by atoms with Crippen LogP contribution in [-0.4, -0.2) is 21.2 Å². The summed E-state index contributed by atoms with van der Waals surface area (Å²) < 4.78 is 1.27. The van der Waals surface area contributed by atoms with E-state index in [0.717, 1.165) is 26.1 Å². The summed E-state index contributed by atoms with van der Waals surface area (Å²) in [7, 11) is 0. The lowest BCUT2D eigenvalue weighted by molar-refractivity contribution is 0.541. The maximum Gasteiger partial charge on any atom is 0.234 e. The first-order valence-corrected chi connectivity index (χ1v) is 9.38. The zero-order chi connectivity index (χ0) is 15.8. The van der Waals surface area contributed by atoms with Gasteiger partial charge in [-0.3, -0.25) is 4.79 Å². The number of nitrogens with zero attached hydrogens (tertiary/aromatic N) is 3. The zero-order valence-electron chi connectivity index (χ0n) is 12.1. The number of rotatable bonds is 4. The van der Waals surface area contributed by atoms with Crippen molar-refractivity contribution in [2.75, 3.05) is 0 Å². The van der Waals surface area contributed by atoms with Gasteiger partial charge in [-0.1, -0.05) is 6.07 Å². The maximum absolute atomic E-state index is 10.8. The number of carbonyl (C=O) groups excluding carboxylic acids is 1. The van der Waals surface area contributed by atoms with Gasteiger partial charge in [0.05, 0.1) is 15.4 Å². The van der Waals surface area contributed by atoms with E-state index in [0.29, 0.717) is 6.41 Å². The van der Waals surface area contributed by atoms with Crippen molar-refractivity contribution >= 4 is 40.4 Å². The summed E-state index contributed by atoms with van der Waals surface area (Å²) in [6.07, 6.45) is 2.34. The molecule has 0 atom stereocenters. The number of hydrogen-bond donors (Lipinski definition) is 0. The summed E-state index contributed by atoms with van der Waals surface area (Å²) in [6, 6.07) is 10.3. The van der Waals surface area contributed by atoms with E-state index < -0.39 is 0 Å². The van der Waals surface area contributed by atoms with Crippen molar-refractivity contribution in [3.8, 4) is 30.2 Å². The summed E-state index contributed by atoms with van der Waals surface area (Å²) in [5.74, 6) is 0. The Morgan fingerprint density at radius 2 is 1.96 bits per heavy atom. The second-order valence-electron chi connectivity index (χ2n) is 4.86. The quantitative estimate of drug-likeness (QED) is 0.492.